The zero-order chi connectivity index (χ0) is 20.4. The molecule has 1 aliphatic rings. The first-order valence-electron chi connectivity index (χ1n) is 10.0. The van der Waals surface area contributed by atoms with E-state index in [0.717, 1.165) is 17.4 Å². The van der Waals surface area contributed by atoms with Crippen LogP contribution in [0.1, 0.15) is 24.2 Å². The lowest BCUT2D eigenvalue weighted by Crippen LogP contribution is -2.36. The molecule has 3 aromatic rings. The number of nitrogens with zero attached hydrogens (tertiary/aromatic N) is 2. The summed E-state index contributed by atoms with van der Waals surface area (Å²) in [5.74, 6) is -0.113. The van der Waals surface area contributed by atoms with Crippen LogP contribution in [-0.4, -0.2) is 36.8 Å². The second kappa shape index (κ2) is 8.25. The molecule has 1 amide bonds. The third-order valence-corrected chi connectivity index (χ3v) is 5.15. The number of hydrogen-bond donors (Lipinski definition) is 1. The Labute approximate surface area is 170 Å². The number of para-hydroxylation sites is 1. The number of nitrogens with one attached hydrogen (secondary N) is 1. The fourth-order valence-corrected chi connectivity index (χ4v) is 3.82. The van der Waals surface area contributed by atoms with Crippen molar-refractivity contribution >= 4 is 28.2 Å². The van der Waals surface area contributed by atoms with Gasteiger partial charge in [-0.2, -0.15) is 0 Å². The van der Waals surface area contributed by atoms with E-state index in [-0.39, 0.29) is 11.7 Å². The van der Waals surface area contributed by atoms with Gasteiger partial charge in [0.1, 0.15) is 5.82 Å². The van der Waals surface area contributed by atoms with Crippen LogP contribution in [0.2, 0.25) is 0 Å². The van der Waals surface area contributed by atoms with E-state index in [0.29, 0.717) is 49.2 Å². The number of rotatable bonds is 5. The normalized spacial score (nSPS) is 14.6. The van der Waals surface area contributed by atoms with Crippen molar-refractivity contribution in [2.24, 2.45) is 5.92 Å². The number of carbonyl (C=O) groups is 1. The minimum atomic E-state index is -0.341. The van der Waals surface area contributed by atoms with E-state index >= 15 is 0 Å². The van der Waals surface area contributed by atoms with Gasteiger partial charge in [0.15, 0.2) is 0 Å². The van der Waals surface area contributed by atoms with Crippen LogP contribution in [0.4, 0.5) is 15.8 Å². The monoisotopic (exact) mass is 395 g/mol. The zero-order valence-corrected chi connectivity index (χ0v) is 16.8. The number of ether oxygens (including phenoxy) is 1. The minimum Gasteiger partial charge on any atom is -0.378 e. The first kappa shape index (κ1) is 19.5. The quantitative estimate of drug-likeness (QED) is 0.691. The molecule has 0 spiro atoms. The van der Waals surface area contributed by atoms with Crippen molar-refractivity contribution in [1.29, 1.82) is 0 Å². The number of halogens is 1. The van der Waals surface area contributed by atoms with Gasteiger partial charge in [0.2, 0.25) is 0 Å². The highest BCUT2D eigenvalue weighted by atomic mass is 19.1. The Morgan fingerprint density at radius 1 is 1.17 bits per heavy atom. The maximum Gasteiger partial charge on any atom is 0.257 e. The van der Waals surface area contributed by atoms with E-state index in [1.54, 1.807) is 12.1 Å². The largest absolute Gasteiger partial charge is 0.378 e. The molecule has 152 valence electrons. The van der Waals surface area contributed by atoms with Crippen molar-refractivity contribution in [2.45, 2.75) is 20.4 Å². The molecule has 29 heavy (non-hydrogen) atoms. The van der Waals surface area contributed by atoms with Gasteiger partial charge in [0.05, 0.1) is 24.5 Å². The molecule has 1 N–H and O–H groups in total. The summed E-state index contributed by atoms with van der Waals surface area (Å²) in [6, 6.07) is 12.7. The third kappa shape index (κ3) is 4.12. The summed E-state index contributed by atoms with van der Waals surface area (Å²) in [7, 11) is 0. The zero-order valence-electron chi connectivity index (χ0n) is 16.8. The van der Waals surface area contributed by atoms with Gasteiger partial charge < -0.3 is 19.5 Å². The van der Waals surface area contributed by atoms with Gasteiger partial charge in [-0.25, -0.2) is 4.39 Å². The molecule has 1 aliphatic heterocycles. The van der Waals surface area contributed by atoms with Crippen LogP contribution in [0.3, 0.4) is 0 Å². The van der Waals surface area contributed by atoms with E-state index in [4.69, 9.17) is 4.74 Å². The van der Waals surface area contributed by atoms with E-state index in [9.17, 15) is 9.18 Å². The van der Waals surface area contributed by atoms with Crippen molar-refractivity contribution in [3.63, 3.8) is 0 Å². The smallest absolute Gasteiger partial charge is 0.257 e. The average molecular weight is 395 g/mol. The maximum absolute atomic E-state index is 14.7. The van der Waals surface area contributed by atoms with Crippen molar-refractivity contribution in [3.8, 4) is 0 Å². The lowest BCUT2D eigenvalue weighted by molar-refractivity contribution is 0.102. The summed E-state index contributed by atoms with van der Waals surface area (Å²) in [6.07, 6.45) is 1.89. The second-order valence-electron chi connectivity index (χ2n) is 7.83. The number of benzene rings is 2. The molecule has 2 aromatic carbocycles. The number of hydrogen-bond acceptors (Lipinski definition) is 3. The van der Waals surface area contributed by atoms with Crippen LogP contribution in [-0.2, 0) is 11.3 Å². The fraction of sp³-hybridized carbons (Fsp3) is 0.348. The molecule has 1 aromatic heterocycles. The molecule has 0 bridgehead atoms. The molecule has 0 unspecified atom stereocenters. The Balaban J connectivity index is 1.57. The predicted molar refractivity (Wildman–Crippen MR) is 114 cm³/mol. The molecule has 5 nitrogen and oxygen atoms in total. The summed E-state index contributed by atoms with van der Waals surface area (Å²) >= 11 is 0. The van der Waals surface area contributed by atoms with E-state index in [1.807, 2.05) is 35.4 Å². The van der Waals surface area contributed by atoms with Crippen LogP contribution in [0.15, 0.2) is 48.7 Å². The van der Waals surface area contributed by atoms with E-state index in [2.05, 4.69) is 23.7 Å². The first-order valence-corrected chi connectivity index (χ1v) is 10.0. The summed E-state index contributed by atoms with van der Waals surface area (Å²) in [5, 5.41) is 3.75. The minimum absolute atomic E-state index is 0.234. The number of anilines is 2. The van der Waals surface area contributed by atoms with Crippen molar-refractivity contribution < 1.29 is 13.9 Å². The van der Waals surface area contributed by atoms with Crippen LogP contribution >= 0.6 is 0 Å². The molecule has 0 atom stereocenters. The molecule has 0 saturated carbocycles. The van der Waals surface area contributed by atoms with Crippen LogP contribution in [0, 0.1) is 11.7 Å². The molecule has 2 heterocycles. The van der Waals surface area contributed by atoms with Gasteiger partial charge in [-0.15, -0.1) is 0 Å². The molecule has 4 rings (SSSR count). The van der Waals surface area contributed by atoms with Crippen molar-refractivity contribution in [2.75, 3.05) is 36.5 Å². The standard InChI is InChI=1S/C23H26FN3O2/c1-16(2)14-27-15-19(18-5-3-4-6-21(18)27)23(28)25-17-7-8-22(20(24)13-17)26-9-11-29-12-10-26/h3-8,13,15-16H,9-12,14H2,1-2H3,(H,25,28). The number of morpholine rings is 1. The molecular formula is C23H26FN3O2. The second-order valence-corrected chi connectivity index (χ2v) is 7.83. The highest BCUT2D eigenvalue weighted by Crippen LogP contribution is 2.26. The Kier molecular flexibility index (Phi) is 5.53. The summed E-state index contributed by atoms with van der Waals surface area (Å²) in [5.41, 5.74) is 2.61. The molecular weight excluding hydrogens is 369 g/mol. The fourth-order valence-electron chi connectivity index (χ4n) is 3.82. The highest BCUT2D eigenvalue weighted by molar-refractivity contribution is 6.13. The lowest BCUT2D eigenvalue weighted by Gasteiger charge is -2.29. The number of amides is 1. The van der Waals surface area contributed by atoms with Crippen molar-refractivity contribution in [1.82, 2.24) is 4.57 Å². The maximum atomic E-state index is 14.7. The average Bonchev–Trinajstić information content (AvgIpc) is 3.07. The van der Waals surface area contributed by atoms with Gasteiger partial charge >= 0.3 is 0 Å². The summed E-state index contributed by atoms with van der Waals surface area (Å²) < 4.78 is 22.1. The molecule has 6 heteroatoms. The lowest BCUT2D eigenvalue weighted by atomic mass is 10.1. The van der Waals surface area contributed by atoms with Crippen LogP contribution in [0.25, 0.3) is 10.9 Å². The number of aromatic nitrogens is 1. The molecule has 1 fully saturated rings. The Bertz CT molecular complexity index is 1020. The topological polar surface area (TPSA) is 46.5 Å². The Hall–Kier alpha value is -2.86. The Morgan fingerprint density at radius 3 is 2.66 bits per heavy atom. The number of carbonyl (C=O) groups excluding carboxylic acids is 1. The third-order valence-electron chi connectivity index (χ3n) is 5.15. The molecule has 0 radical (unpaired) electrons. The highest BCUT2D eigenvalue weighted by Gasteiger charge is 2.18. The van der Waals surface area contributed by atoms with Crippen molar-refractivity contribution in [3.05, 3.63) is 60.0 Å². The van der Waals surface area contributed by atoms with E-state index in [1.165, 1.54) is 6.07 Å². The Morgan fingerprint density at radius 2 is 1.93 bits per heavy atom. The molecule has 1 saturated heterocycles. The number of fused-ring (bicyclic) bond motifs is 1. The van der Waals surface area contributed by atoms with Crippen LogP contribution in [0.5, 0.6) is 0 Å². The van der Waals surface area contributed by atoms with Crippen LogP contribution < -0.4 is 10.2 Å². The first-order chi connectivity index (χ1) is 14.0. The predicted octanol–water partition coefficient (Wildman–Crippen LogP) is 4.53. The summed E-state index contributed by atoms with van der Waals surface area (Å²) in [4.78, 5) is 14.9. The van der Waals surface area contributed by atoms with E-state index < -0.39 is 0 Å². The SMILES string of the molecule is CC(C)Cn1cc(C(=O)Nc2ccc(N3CCOCC3)c(F)c2)c2ccccc21. The van der Waals surface area contributed by atoms with Gasteiger partial charge in [-0.1, -0.05) is 32.0 Å². The van der Waals surface area contributed by atoms with Gasteiger partial charge in [-0.05, 0) is 30.2 Å². The van der Waals surface area contributed by atoms with Gasteiger partial charge in [-0.3, -0.25) is 4.79 Å². The summed E-state index contributed by atoms with van der Waals surface area (Å²) in [6.45, 7) is 7.64. The van der Waals surface area contributed by atoms with Gasteiger partial charge in [0, 0.05) is 42.4 Å². The molecule has 0 aliphatic carbocycles. The van der Waals surface area contributed by atoms with Gasteiger partial charge in [0.25, 0.3) is 5.91 Å².